The van der Waals surface area contributed by atoms with Crippen LogP contribution in [0.15, 0.2) is 30.5 Å². The zero-order valence-corrected chi connectivity index (χ0v) is 19.9. The van der Waals surface area contributed by atoms with Crippen molar-refractivity contribution in [2.45, 2.75) is 44.8 Å². The summed E-state index contributed by atoms with van der Waals surface area (Å²) in [5, 5.41) is 6.86. The minimum absolute atomic E-state index is 0.0258. The van der Waals surface area contributed by atoms with Gasteiger partial charge in [0.25, 0.3) is 0 Å². The predicted octanol–water partition coefficient (Wildman–Crippen LogP) is 4.26. The summed E-state index contributed by atoms with van der Waals surface area (Å²) < 4.78 is 26.1. The molecule has 0 unspecified atom stereocenters. The third-order valence-corrected chi connectivity index (χ3v) is 6.44. The van der Waals surface area contributed by atoms with Crippen molar-refractivity contribution in [2.24, 2.45) is 5.92 Å². The molecule has 2 N–H and O–H groups in total. The third kappa shape index (κ3) is 6.29. The normalized spacial score (nSPS) is 22.7. The van der Waals surface area contributed by atoms with Gasteiger partial charge in [-0.25, -0.2) is 4.39 Å². The molecule has 2 aliphatic rings. The lowest BCUT2D eigenvalue weighted by Gasteiger charge is -2.35. The molecule has 1 aromatic carbocycles. The van der Waals surface area contributed by atoms with Gasteiger partial charge in [-0.1, -0.05) is 17.7 Å². The number of halogens is 2. The first-order valence-electron chi connectivity index (χ1n) is 11.5. The molecule has 0 radical (unpaired) electrons. The molecule has 2 fully saturated rings. The Kier molecular flexibility index (Phi) is 7.64. The molecule has 2 saturated heterocycles. The molecule has 33 heavy (non-hydrogen) atoms. The van der Waals surface area contributed by atoms with E-state index in [4.69, 9.17) is 21.1 Å². The van der Waals surface area contributed by atoms with E-state index in [1.54, 1.807) is 18.3 Å². The molecule has 2 atom stereocenters. The monoisotopic (exact) mass is 475 g/mol. The number of ketones is 1. The van der Waals surface area contributed by atoms with Crippen LogP contribution in [0.5, 0.6) is 0 Å². The summed E-state index contributed by atoms with van der Waals surface area (Å²) in [5.41, 5.74) is 2.20. The number of carbonyl (C=O) groups is 1. The topological polar surface area (TPSA) is 72.5 Å². The molecular weight excluding hydrogens is 445 g/mol. The van der Waals surface area contributed by atoms with Gasteiger partial charge < -0.3 is 20.1 Å². The average molecular weight is 476 g/mol. The Labute approximate surface area is 199 Å². The Bertz CT molecular complexity index is 985. The van der Waals surface area contributed by atoms with E-state index in [2.05, 4.69) is 15.6 Å². The Balaban J connectivity index is 1.45. The van der Waals surface area contributed by atoms with E-state index >= 15 is 0 Å². The lowest BCUT2D eigenvalue weighted by atomic mass is 9.92. The highest BCUT2D eigenvalue weighted by Crippen LogP contribution is 2.31. The Morgan fingerprint density at radius 3 is 2.94 bits per heavy atom. The Hall–Kier alpha value is -2.06. The van der Waals surface area contributed by atoms with Crippen molar-refractivity contribution in [3.63, 3.8) is 0 Å². The molecule has 2 aromatic rings. The van der Waals surface area contributed by atoms with E-state index in [-0.39, 0.29) is 35.6 Å². The number of rotatable bonds is 7. The number of aromatic nitrogens is 1. The molecule has 0 bridgehead atoms. The van der Waals surface area contributed by atoms with Crippen molar-refractivity contribution in [1.82, 2.24) is 10.3 Å². The number of hydrogen-bond acceptors (Lipinski definition) is 6. The highest BCUT2D eigenvalue weighted by molar-refractivity contribution is 6.33. The zero-order valence-electron chi connectivity index (χ0n) is 19.1. The maximum Gasteiger partial charge on any atom is 0.146 e. The van der Waals surface area contributed by atoms with E-state index in [9.17, 15) is 9.18 Å². The second-order valence-electron chi connectivity index (χ2n) is 9.42. The summed E-state index contributed by atoms with van der Waals surface area (Å²) in [6, 6.07) is 6.64. The Morgan fingerprint density at radius 2 is 2.21 bits per heavy atom. The zero-order chi connectivity index (χ0) is 23.4. The number of nitrogens with zero attached hydrogens (tertiary/aromatic N) is 1. The van der Waals surface area contributed by atoms with Crippen LogP contribution in [0.2, 0.25) is 5.02 Å². The van der Waals surface area contributed by atoms with Crippen LogP contribution in [0, 0.1) is 11.7 Å². The van der Waals surface area contributed by atoms with Gasteiger partial charge in [0.05, 0.1) is 35.6 Å². The van der Waals surface area contributed by atoms with Crippen molar-refractivity contribution in [3.8, 4) is 11.1 Å². The molecule has 0 spiro atoms. The smallest absolute Gasteiger partial charge is 0.146 e. The van der Waals surface area contributed by atoms with Crippen molar-refractivity contribution in [3.05, 3.63) is 47.0 Å². The van der Waals surface area contributed by atoms with Gasteiger partial charge in [-0.2, -0.15) is 0 Å². The second-order valence-corrected chi connectivity index (χ2v) is 9.83. The van der Waals surface area contributed by atoms with Crippen LogP contribution in [-0.2, 0) is 20.7 Å². The number of hydrogen-bond donors (Lipinski definition) is 2. The van der Waals surface area contributed by atoms with Crippen molar-refractivity contribution < 1.29 is 18.7 Å². The fourth-order valence-electron chi connectivity index (χ4n) is 4.15. The molecule has 178 valence electrons. The Morgan fingerprint density at radius 1 is 1.36 bits per heavy atom. The fourth-order valence-corrected chi connectivity index (χ4v) is 4.36. The molecule has 0 aliphatic carbocycles. The van der Waals surface area contributed by atoms with Crippen LogP contribution in [0.25, 0.3) is 11.1 Å². The summed E-state index contributed by atoms with van der Waals surface area (Å²) in [7, 11) is 0. The van der Waals surface area contributed by atoms with Crippen LogP contribution in [-0.4, -0.2) is 55.3 Å². The molecule has 8 heteroatoms. The number of piperidine rings is 1. The summed E-state index contributed by atoms with van der Waals surface area (Å²) in [6.07, 6.45) is 3.59. The largest absolute Gasteiger partial charge is 0.380 e. The molecular formula is C25H31ClFN3O3. The summed E-state index contributed by atoms with van der Waals surface area (Å²) in [4.78, 5) is 17.0. The van der Waals surface area contributed by atoms with Crippen LogP contribution < -0.4 is 10.6 Å². The van der Waals surface area contributed by atoms with Gasteiger partial charge >= 0.3 is 0 Å². The fraction of sp³-hybridized carbons (Fsp3) is 0.520. The van der Waals surface area contributed by atoms with Gasteiger partial charge in [-0.3, -0.25) is 9.78 Å². The van der Waals surface area contributed by atoms with Gasteiger partial charge in [-0.05, 0) is 57.0 Å². The average Bonchev–Trinajstić information content (AvgIpc) is 2.81. The van der Waals surface area contributed by atoms with Crippen LogP contribution in [0.4, 0.5) is 10.1 Å². The number of ether oxygens (including phenoxy) is 2. The van der Waals surface area contributed by atoms with Gasteiger partial charge in [-0.15, -0.1) is 0 Å². The van der Waals surface area contributed by atoms with Gasteiger partial charge in [0, 0.05) is 42.9 Å². The minimum atomic E-state index is -0.360. The molecule has 0 saturated carbocycles. The van der Waals surface area contributed by atoms with Crippen LogP contribution in [0.1, 0.15) is 32.4 Å². The van der Waals surface area contributed by atoms with Crippen molar-refractivity contribution in [1.29, 1.82) is 0 Å². The van der Waals surface area contributed by atoms with Gasteiger partial charge in [0.1, 0.15) is 11.6 Å². The molecule has 6 nitrogen and oxygen atoms in total. The quantitative estimate of drug-likeness (QED) is 0.623. The summed E-state index contributed by atoms with van der Waals surface area (Å²) in [6.45, 7) is 7.01. The number of nitrogens with one attached hydrogen (secondary N) is 2. The van der Waals surface area contributed by atoms with Gasteiger partial charge in [0.2, 0.25) is 0 Å². The molecule has 0 amide bonds. The molecule has 1 aromatic heterocycles. The second kappa shape index (κ2) is 10.5. The van der Waals surface area contributed by atoms with Crippen molar-refractivity contribution >= 4 is 23.1 Å². The first-order chi connectivity index (χ1) is 15.8. The molecule has 2 aliphatic heterocycles. The van der Waals surface area contributed by atoms with E-state index in [1.165, 1.54) is 6.07 Å². The molecule has 4 rings (SSSR count). The third-order valence-electron chi connectivity index (χ3n) is 6.14. The van der Waals surface area contributed by atoms with E-state index in [0.717, 1.165) is 37.1 Å². The number of anilines is 1. The highest BCUT2D eigenvalue weighted by atomic mass is 35.5. The number of Topliss-reactive ketones (excluding diaryl/α,β-unsaturated/α-hetero) is 1. The maximum absolute atomic E-state index is 14.5. The summed E-state index contributed by atoms with van der Waals surface area (Å²) >= 11 is 6.43. The van der Waals surface area contributed by atoms with Gasteiger partial charge in [0.15, 0.2) is 0 Å². The van der Waals surface area contributed by atoms with Crippen molar-refractivity contribution in [2.75, 3.05) is 38.2 Å². The van der Waals surface area contributed by atoms with E-state index in [1.807, 2.05) is 19.9 Å². The standard InChI is InChI=1S/C25H31ClFN3O3/c1-25(2)15-32-19(14-33-25)12-30-23-8-16(5-6-22(23)27)20-9-18(29-13-21(20)26)10-24(31)17-4-3-7-28-11-17/h5-6,8-9,13,17,19,28,30H,3-4,7,10-12,14-15H2,1-2H3/t17-,19-/m1/s1. The minimum Gasteiger partial charge on any atom is -0.380 e. The summed E-state index contributed by atoms with van der Waals surface area (Å²) in [5.74, 6) is -0.152. The predicted molar refractivity (Wildman–Crippen MR) is 127 cm³/mol. The van der Waals surface area contributed by atoms with Crippen LogP contribution >= 0.6 is 11.6 Å². The van der Waals surface area contributed by atoms with E-state index < -0.39 is 0 Å². The lowest BCUT2D eigenvalue weighted by Crippen LogP contribution is -2.44. The van der Waals surface area contributed by atoms with E-state index in [0.29, 0.717) is 36.2 Å². The SMILES string of the molecule is CC1(C)CO[C@H](CNc2cc(-c3cc(CC(=O)[C@@H]4CCCNC4)ncc3Cl)ccc2F)CO1. The first-order valence-corrected chi connectivity index (χ1v) is 11.9. The number of benzene rings is 1. The lowest BCUT2D eigenvalue weighted by molar-refractivity contribution is -0.170. The molecule has 3 heterocycles. The highest BCUT2D eigenvalue weighted by Gasteiger charge is 2.28. The van der Waals surface area contributed by atoms with Crippen LogP contribution in [0.3, 0.4) is 0 Å². The number of pyridine rings is 1. The first kappa shape index (κ1) is 24.1. The number of carbonyl (C=O) groups excluding carboxylic acids is 1. The maximum atomic E-state index is 14.5.